The van der Waals surface area contributed by atoms with E-state index in [1.54, 1.807) is 4.90 Å². The van der Waals surface area contributed by atoms with E-state index in [9.17, 15) is 9.59 Å². The van der Waals surface area contributed by atoms with Crippen molar-refractivity contribution in [3.8, 4) is 0 Å². The summed E-state index contributed by atoms with van der Waals surface area (Å²) in [7, 11) is 0. The largest absolute Gasteiger partial charge is 0.345 e. The summed E-state index contributed by atoms with van der Waals surface area (Å²) in [6, 6.07) is -0.175. The monoisotopic (exact) mass is 182 g/mol. The second kappa shape index (κ2) is 3.01. The zero-order chi connectivity index (χ0) is 9.42. The molecule has 4 heteroatoms. The van der Waals surface area contributed by atoms with Crippen LogP contribution in [0.2, 0.25) is 0 Å². The van der Waals surface area contributed by atoms with E-state index < -0.39 is 0 Å². The number of hydrogen-bond acceptors (Lipinski definition) is 2. The number of piperazine rings is 1. The molecular weight excluding hydrogens is 168 g/mol. The Hall–Kier alpha value is -1.06. The number of amides is 2. The van der Waals surface area contributed by atoms with Gasteiger partial charge in [0, 0.05) is 6.54 Å². The van der Waals surface area contributed by atoms with Crippen molar-refractivity contribution in [3.63, 3.8) is 0 Å². The summed E-state index contributed by atoms with van der Waals surface area (Å²) in [6.07, 6.45) is 1.89. The number of fused-ring (bicyclic) bond motifs is 1. The minimum absolute atomic E-state index is 0.0237. The first-order valence-electron chi connectivity index (χ1n) is 4.79. The van der Waals surface area contributed by atoms with Crippen LogP contribution in [-0.4, -0.2) is 35.8 Å². The Morgan fingerprint density at radius 3 is 2.92 bits per heavy atom. The highest BCUT2D eigenvalue weighted by atomic mass is 16.2. The van der Waals surface area contributed by atoms with Crippen molar-refractivity contribution >= 4 is 11.8 Å². The van der Waals surface area contributed by atoms with Crippen LogP contribution in [0.25, 0.3) is 0 Å². The Balaban J connectivity index is 2.14. The summed E-state index contributed by atoms with van der Waals surface area (Å²) in [5, 5.41) is 2.62. The van der Waals surface area contributed by atoms with Crippen molar-refractivity contribution in [2.24, 2.45) is 5.92 Å². The van der Waals surface area contributed by atoms with Crippen LogP contribution in [0, 0.1) is 5.92 Å². The summed E-state index contributed by atoms with van der Waals surface area (Å²) >= 11 is 0. The first kappa shape index (κ1) is 8.53. The number of rotatable bonds is 1. The highest BCUT2D eigenvalue weighted by Crippen LogP contribution is 2.27. The molecule has 0 aromatic heterocycles. The van der Waals surface area contributed by atoms with E-state index >= 15 is 0 Å². The fourth-order valence-corrected chi connectivity index (χ4v) is 2.12. The SMILES string of the molecule is CC[C@@H]1C[C@H]2C(=O)NCC(=O)N2C1. The zero-order valence-electron chi connectivity index (χ0n) is 7.75. The molecule has 1 N–H and O–H groups in total. The smallest absolute Gasteiger partial charge is 0.243 e. The van der Waals surface area contributed by atoms with Crippen LogP contribution < -0.4 is 5.32 Å². The third-order valence-corrected chi connectivity index (χ3v) is 3.00. The molecule has 4 nitrogen and oxygen atoms in total. The fourth-order valence-electron chi connectivity index (χ4n) is 2.12. The Kier molecular flexibility index (Phi) is 1.98. The van der Waals surface area contributed by atoms with Crippen molar-refractivity contribution in [3.05, 3.63) is 0 Å². The van der Waals surface area contributed by atoms with Gasteiger partial charge in [-0.15, -0.1) is 0 Å². The zero-order valence-corrected chi connectivity index (χ0v) is 7.75. The molecule has 0 bridgehead atoms. The molecule has 2 rings (SSSR count). The first-order chi connectivity index (χ1) is 6.22. The quantitative estimate of drug-likeness (QED) is 0.607. The predicted molar refractivity (Wildman–Crippen MR) is 46.9 cm³/mol. The molecule has 72 valence electrons. The summed E-state index contributed by atoms with van der Waals surface area (Å²) in [4.78, 5) is 24.5. The lowest BCUT2D eigenvalue weighted by Gasteiger charge is -2.28. The Bertz CT molecular complexity index is 228. The van der Waals surface area contributed by atoms with Gasteiger partial charge in [0.1, 0.15) is 6.04 Å². The number of carbonyl (C=O) groups excluding carboxylic acids is 2. The van der Waals surface area contributed by atoms with Crippen molar-refractivity contribution in [1.82, 2.24) is 10.2 Å². The van der Waals surface area contributed by atoms with Gasteiger partial charge in [-0.1, -0.05) is 13.3 Å². The Labute approximate surface area is 77.3 Å². The molecule has 0 radical (unpaired) electrons. The van der Waals surface area contributed by atoms with Gasteiger partial charge in [-0.3, -0.25) is 9.59 Å². The second-order valence-corrected chi connectivity index (χ2v) is 3.79. The third-order valence-electron chi connectivity index (χ3n) is 3.00. The number of hydrogen-bond donors (Lipinski definition) is 1. The van der Waals surface area contributed by atoms with Gasteiger partial charge in [-0.2, -0.15) is 0 Å². The Morgan fingerprint density at radius 1 is 1.54 bits per heavy atom. The Morgan fingerprint density at radius 2 is 2.31 bits per heavy atom. The van der Waals surface area contributed by atoms with Crippen LogP contribution in [0.1, 0.15) is 19.8 Å². The summed E-state index contributed by atoms with van der Waals surface area (Å²) in [6.45, 7) is 3.06. The summed E-state index contributed by atoms with van der Waals surface area (Å²) in [5.74, 6) is 0.605. The number of nitrogens with one attached hydrogen (secondary N) is 1. The molecule has 0 saturated carbocycles. The molecule has 0 spiro atoms. The van der Waals surface area contributed by atoms with Gasteiger partial charge in [0.25, 0.3) is 0 Å². The maximum Gasteiger partial charge on any atom is 0.243 e. The van der Waals surface area contributed by atoms with Crippen molar-refractivity contribution in [1.29, 1.82) is 0 Å². The number of nitrogens with zero attached hydrogens (tertiary/aromatic N) is 1. The van der Waals surface area contributed by atoms with E-state index in [1.165, 1.54) is 0 Å². The minimum atomic E-state index is -0.175. The van der Waals surface area contributed by atoms with E-state index in [4.69, 9.17) is 0 Å². The fraction of sp³-hybridized carbons (Fsp3) is 0.778. The van der Waals surface area contributed by atoms with E-state index in [-0.39, 0.29) is 24.4 Å². The van der Waals surface area contributed by atoms with E-state index in [0.717, 1.165) is 19.4 Å². The highest BCUT2D eigenvalue weighted by molar-refractivity contribution is 5.95. The topological polar surface area (TPSA) is 49.4 Å². The maximum absolute atomic E-state index is 11.4. The van der Waals surface area contributed by atoms with Crippen LogP contribution >= 0.6 is 0 Å². The van der Waals surface area contributed by atoms with Crippen LogP contribution in [0.3, 0.4) is 0 Å². The summed E-state index contributed by atoms with van der Waals surface area (Å²) in [5.41, 5.74) is 0. The molecule has 2 fully saturated rings. The van der Waals surface area contributed by atoms with Gasteiger partial charge in [0.2, 0.25) is 11.8 Å². The molecule has 2 aliphatic rings. The molecule has 2 atom stereocenters. The van der Waals surface area contributed by atoms with Crippen LogP contribution in [0.4, 0.5) is 0 Å². The molecule has 2 aliphatic heterocycles. The molecule has 0 unspecified atom stereocenters. The summed E-state index contributed by atoms with van der Waals surface area (Å²) < 4.78 is 0. The van der Waals surface area contributed by atoms with Gasteiger partial charge in [0.15, 0.2) is 0 Å². The van der Waals surface area contributed by atoms with E-state index in [0.29, 0.717) is 5.92 Å². The second-order valence-electron chi connectivity index (χ2n) is 3.79. The van der Waals surface area contributed by atoms with Crippen LogP contribution in [-0.2, 0) is 9.59 Å². The molecule has 0 aliphatic carbocycles. The van der Waals surface area contributed by atoms with Gasteiger partial charge >= 0.3 is 0 Å². The molecular formula is C9H14N2O2. The molecule has 0 aromatic rings. The van der Waals surface area contributed by atoms with Gasteiger partial charge in [-0.25, -0.2) is 0 Å². The number of carbonyl (C=O) groups is 2. The molecule has 2 heterocycles. The standard InChI is InChI=1S/C9H14N2O2/c1-2-6-3-7-9(13)10-4-8(12)11(7)5-6/h6-7H,2-5H2,1H3,(H,10,13)/t6-,7+/m1/s1. The molecule has 2 saturated heterocycles. The van der Waals surface area contributed by atoms with Gasteiger partial charge in [0.05, 0.1) is 6.54 Å². The third kappa shape index (κ3) is 1.30. The van der Waals surface area contributed by atoms with Crippen molar-refractivity contribution in [2.75, 3.05) is 13.1 Å². The molecule has 13 heavy (non-hydrogen) atoms. The molecule has 2 amide bonds. The normalized spacial score (nSPS) is 33.2. The van der Waals surface area contributed by atoms with E-state index in [2.05, 4.69) is 12.2 Å². The highest BCUT2D eigenvalue weighted by Gasteiger charge is 2.41. The van der Waals surface area contributed by atoms with Gasteiger partial charge < -0.3 is 10.2 Å². The first-order valence-corrected chi connectivity index (χ1v) is 4.79. The lowest BCUT2D eigenvalue weighted by Crippen LogP contribution is -2.55. The van der Waals surface area contributed by atoms with Crippen molar-refractivity contribution in [2.45, 2.75) is 25.8 Å². The van der Waals surface area contributed by atoms with Crippen molar-refractivity contribution < 1.29 is 9.59 Å². The minimum Gasteiger partial charge on any atom is -0.345 e. The maximum atomic E-state index is 11.4. The average Bonchev–Trinajstić information content (AvgIpc) is 2.56. The predicted octanol–water partition coefficient (Wildman–Crippen LogP) is -0.257. The lowest BCUT2D eigenvalue weighted by molar-refractivity contribution is -0.143. The van der Waals surface area contributed by atoms with Crippen LogP contribution in [0.15, 0.2) is 0 Å². The van der Waals surface area contributed by atoms with E-state index in [1.807, 2.05) is 0 Å². The molecule has 0 aromatic carbocycles. The van der Waals surface area contributed by atoms with Crippen LogP contribution in [0.5, 0.6) is 0 Å². The average molecular weight is 182 g/mol. The lowest BCUT2D eigenvalue weighted by atomic mass is 10.0. The van der Waals surface area contributed by atoms with Gasteiger partial charge in [-0.05, 0) is 12.3 Å².